The number of carbonyl (C=O) groups excluding carboxylic acids is 1. The van der Waals surface area contributed by atoms with Crippen molar-refractivity contribution in [2.75, 3.05) is 17.3 Å². The summed E-state index contributed by atoms with van der Waals surface area (Å²) in [6.07, 6.45) is 4.40. The Morgan fingerprint density at radius 3 is 2.68 bits per heavy atom. The zero-order chi connectivity index (χ0) is 21.8. The quantitative estimate of drug-likeness (QED) is 0.640. The standard InChI is InChI=1S/C24H29N5O2/c1-17-8-13-21(18(2)15-17)28(24(30)25-19-9-11-20(31-3)12-10-19)16-22-26-23-7-5-4-6-14-29(23)27-22/h8-13,15H,4-7,14,16H2,1-3H3,(H,25,30). The molecule has 0 saturated carbocycles. The van der Waals surface area contributed by atoms with Crippen molar-refractivity contribution < 1.29 is 9.53 Å². The summed E-state index contributed by atoms with van der Waals surface area (Å²) in [7, 11) is 1.62. The number of rotatable bonds is 5. The highest BCUT2D eigenvalue weighted by molar-refractivity contribution is 6.02. The van der Waals surface area contributed by atoms with Crippen LogP contribution in [0.2, 0.25) is 0 Å². The first kappa shape index (κ1) is 20.9. The fraction of sp³-hybridized carbons (Fsp3) is 0.375. The highest BCUT2D eigenvalue weighted by atomic mass is 16.5. The lowest BCUT2D eigenvalue weighted by Crippen LogP contribution is -2.35. The van der Waals surface area contributed by atoms with E-state index in [1.54, 1.807) is 12.0 Å². The van der Waals surface area contributed by atoms with Crippen LogP contribution in [-0.4, -0.2) is 27.9 Å². The van der Waals surface area contributed by atoms with Crippen LogP contribution in [-0.2, 0) is 19.5 Å². The van der Waals surface area contributed by atoms with Crippen LogP contribution in [0.5, 0.6) is 5.75 Å². The van der Waals surface area contributed by atoms with Gasteiger partial charge in [0.1, 0.15) is 11.6 Å². The zero-order valence-corrected chi connectivity index (χ0v) is 18.4. The van der Waals surface area contributed by atoms with Gasteiger partial charge >= 0.3 is 6.03 Å². The number of hydrogen-bond acceptors (Lipinski definition) is 4. The summed E-state index contributed by atoms with van der Waals surface area (Å²) in [5.74, 6) is 2.43. The molecule has 1 aliphatic heterocycles. The van der Waals surface area contributed by atoms with E-state index in [1.807, 2.05) is 54.9 Å². The maximum absolute atomic E-state index is 13.3. The monoisotopic (exact) mass is 419 g/mol. The Labute approximate surface area is 183 Å². The first-order valence-electron chi connectivity index (χ1n) is 10.8. The summed E-state index contributed by atoms with van der Waals surface area (Å²) in [4.78, 5) is 19.8. The van der Waals surface area contributed by atoms with Gasteiger partial charge in [0.2, 0.25) is 0 Å². The van der Waals surface area contributed by atoms with Gasteiger partial charge in [0, 0.05) is 24.3 Å². The van der Waals surface area contributed by atoms with E-state index in [4.69, 9.17) is 14.8 Å². The number of amides is 2. The molecule has 2 aromatic carbocycles. The number of anilines is 2. The van der Waals surface area contributed by atoms with Gasteiger partial charge in [0.15, 0.2) is 5.82 Å². The van der Waals surface area contributed by atoms with Gasteiger partial charge in [-0.15, -0.1) is 0 Å². The maximum atomic E-state index is 13.3. The molecule has 1 N–H and O–H groups in total. The van der Waals surface area contributed by atoms with Gasteiger partial charge in [-0.05, 0) is 62.6 Å². The Morgan fingerprint density at radius 2 is 1.94 bits per heavy atom. The second-order valence-corrected chi connectivity index (χ2v) is 8.01. The molecule has 0 spiro atoms. The average Bonchev–Trinajstić information content (AvgIpc) is 3.01. The Balaban J connectivity index is 1.61. The first-order chi connectivity index (χ1) is 15.0. The lowest BCUT2D eigenvalue weighted by molar-refractivity contribution is 0.256. The minimum absolute atomic E-state index is 0.220. The Hall–Kier alpha value is -3.35. The van der Waals surface area contributed by atoms with E-state index in [0.717, 1.165) is 54.2 Å². The maximum Gasteiger partial charge on any atom is 0.326 e. The van der Waals surface area contributed by atoms with E-state index in [-0.39, 0.29) is 6.03 Å². The number of fused-ring (bicyclic) bond motifs is 1. The third kappa shape index (κ3) is 4.87. The van der Waals surface area contributed by atoms with Crippen LogP contribution in [0.4, 0.5) is 16.2 Å². The van der Waals surface area contributed by atoms with Gasteiger partial charge in [0.25, 0.3) is 0 Å². The van der Waals surface area contributed by atoms with E-state index in [9.17, 15) is 4.79 Å². The number of aryl methyl sites for hydroxylation is 4. The molecule has 7 nitrogen and oxygen atoms in total. The summed E-state index contributed by atoms with van der Waals surface area (Å²) in [6.45, 7) is 5.27. The molecular formula is C24H29N5O2. The summed E-state index contributed by atoms with van der Waals surface area (Å²) < 4.78 is 7.21. The predicted octanol–water partition coefficient (Wildman–Crippen LogP) is 4.87. The minimum atomic E-state index is -0.220. The Morgan fingerprint density at radius 1 is 1.13 bits per heavy atom. The zero-order valence-electron chi connectivity index (χ0n) is 18.4. The largest absolute Gasteiger partial charge is 0.497 e. The lowest BCUT2D eigenvalue weighted by atomic mass is 10.1. The van der Waals surface area contributed by atoms with Gasteiger partial charge in [0.05, 0.1) is 13.7 Å². The molecule has 4 rings (SSSR count). The number of benzene rings is 2. The first-order valence-corrected chi connectivity index (χ1v) is 10.8. The molecule has 0 saturated heterocycles. The van der Waals surface area contributed by atoms with E-state index in [2.05, 4.69) is 11.4 Å². The highest BCUT2D eigenvalue weighted by Gasteiger charge is 2.22. The Bertz CT molecular complexity index is 1030. The molecular weight excluding hydrogens is 390 g/mol. The van der Waals surface area contributed by atoms with E-state index in [0.29, 0.717) is 18.1 Å². The molecule has 2 amide bonds. The van der Waals surface area contributed by atoms with Crippen LogP contribution in [0.3, 0.4) is 0 Å². The topological polar surface area (TPSA) is 72.3 Å². The molecule has 162 valence electrons. The van der Waals surface area contributed by atoms with Gasteiger partial charge in [-0.1, -0.05) is 24.1 Å². The number of methoxy groups -OCH3 is 1. The van der Waals surface area contributed by atoms with Crippen LogP contribution in [0.15, 0.2) is 42.5 Å². The van der Waals surface area contributed by atoms with Crippen molar-refractivity contribution >= 4 is 17.4 Å². The number of urea groups is 1. The number of carbonyl (C=O) groups is 1. The molecule has 0 atom stereocenters. The molecule has 2 heterocycles. The van der Waals surface area contributed by atoms with E-state index >= 15 is 0 Å². The number of ether oxygens (including phenoxy) is 1. The number of hydrogen-bond donors (Lipinski definition) is 1. The van der Waals surface area contributed by atoms with E-state index in [1.165, 1.54) is 6.42 Å². The summed E-state index contributed by atoms with van der Waals surface area (Å²) in [6, 6.07) is 13.2. The van der Waals surface area contributed by atoms with Crippen molar-refractivity contribution in [1.29, 1.82) is 0 Å². The van der Waals surface area contributed by atoms with Crippen molar-refractivity contribution in [1.82, 2.24) is 14.8 Å². The third-order valence-corrected chi connectivity index (χ3v) is 5.59. The van der Waals surface area contributed by atoms with Gasteiger partial charge < -0.3 is 10.1 Å². The van der Waals surface area contributed by atoms with E-state index < -0.39 is 0 Å². The summed E-state index contributed by atoms with van der Waals surface area (Å²) >= 11 is 0. The second-order valence-electron chi connectivity index (χ2n) is 8.01. The minimum Gasteiger partial charge on any atom is -0.497 e. The molecule has 31 heavy (non-hydrogen) atoms. The van der Waals surface area contributed by atoms with Crippen LogP contribution in [0.25, 0.3) is 0 Å². The molecule has 7 heteroatoms. The average molecular weight is 420 g/mol. The molecule has 1 aromatic heterocycles. The van der Waals surface area contributed by atoms with Gasteiger partial charge in [-0.25, -0.2) is 14.5 Å². The normalized spacial score (nSPS) is 13.3. The van der Waals surface area contributed by atoms with Gasteiger partial charge in [-0.3, -0.25) is 4.90 Å². The van der Waals surface area contributed by atoms with Crippen LogP contribution in [0, 0.1) is 13.8 Å². The van der Waals surface area contributed by atoms with Gasteiger partial charge in [-0.2, -0.15) is 5.10 Å². The fourth-order valence-electron chi connectivity index (χ4n) is 3.96. The van der Waals surface area contributed by atoms with Crippen molar-refractivity contribution in [3.8, 4) is 5.75 Å². The summed E-state index contributed by atoms with van der Waals surface area (Å²) in [5.41, 5.74) is 3.74. The third-order valence-electron chi connectivity index (χ3n) is 5.59. The summed E-state index contributed by atoms with van der Waals surface area (Å²) in [5, 5.41) is 7.70. The SMILES string of the molecule is COc1ccc(NC(=O)N(Cc2nc3n(n2)CCCCC3)c2ccc(C)cc2C)cc1. The molecule has 0 aliphatic carbocycles. The van der Waals surface area contributed by atoms with Crippen molar-refractivity contribution in [3.63, 3.8) is 0 Å². The highest BCUT2D eigenvalue weighted by Crippen LogP contribution is 2.25. The van der Waals surface area contributed by atoms with Crippen LogP contribution in [0.1, 0.15) is 42.0 Å². The number of nitrogens with zero attached hydrogens (tertiary/aromatic N) is 4. The van der Waals surface area contributed by atoms with Crippen molar-refractivity contribution in [2.45, 2.75) is 52.6 Å². The molecule has 0 fully saturated rings. The second kappa shape index (κ2) is 9.20. The smallest absolute Gasteiger partial charge is 0.326 e. The van der Waals surface area contributed by atoms with Crippen LogP contribution < -0.4 is 15.0 Å². The molecule has 0 bridgehead atoms. The fourth-order valence-corrected chi connectivity index (χ4v) is 3.96. The Kier molecular flexibility index (Phi) is 6.21. The van der Waals surface area contributed by atoms with Crippen molar-refractivity contribution in [3.05, 3.63) is 65.2 Å². The number of aromatic nitrogens is 3. The molecule has 0 radical (unpaired) electrons. The van der Waals surface area contributed by atoms with Crippen LogP contribution >= 0.6 is 0 Å². The predicted molar refractivity (Wildman–Crippen MR) is 122 cm³/mol. The molecule has 1 aliphatic rings. The lowest BCUT2D eigenvalue weighted by Gasteiger charge is -2.24. The molecule has 3 aromatic rings. The number of nitrogens with one attached hydrogen (secondary N) is 1. The van der Waals surface area contributed by atoms with Crippen molar-refractivity contribution in [2.24, 2.45) is 0 Å². The molecule has 0 unspecified atom stereocenters.